The van der Waals surface area contributed by atoms with E-state index >= 15 is 0 Å². The van der Waals surface area contributed by atoms with Crippen LogP contribution in [0.25, 0.3) is 0 Å². The molecule has 2 aromatic carbocycles. The molecule has 0 fully saturated rings. The molecule has 1 atom stereocenters. The van der Waals surface area contributed by atoms with Gasteiger partial charge in [0.1, 0.15) is 11.8 Å². The number of hydrogen-bond donors (Lipinski definition) is 1. The van der Waals surface area contributed by atoms with E-state index in [1.54, 1.807) is 24.1 Å². The van der Waals surface area contributed by atoms with Gasteiger partial charge in [-0.05, 0) is 48.7 Å². The van der Waals surface area contributed by atoms with Gasteiger partial charge in [-0.3, -0.25) is 9.59 Å². The first-order valence-corrected chi connectivity index (χ1v) is 12.0. The van der Waals surface area contributed by atoms with Crippen molar-refractivity contribution in [2.24, 2.45) is 0 Å². The minimum atomic E-state index is -0.528. The predicted octanol–water partition coefficient (Wildman–Crippen LogP) is 5.18. The maximum Gasteiger partial charge on any atom is 0.242 e. The Bertz CT molecular complexity index is 878. The summed E-state index contributed by atoms with van der Waals surface area (Å²) in [6.45, 7) is 4.65. The third kappa shape index (κ3) is 7.63. The Balaban J connectivity index is 2.11. The lowest BCUT2D eigenvalue weighted by molar-refractivity contribution is -0.139. The lowest BCUT2D eigenvalue weighted by atomic mass is 10.1. The highest BCUT2D eigenvalue weighted by Gasteiger charge is 2.28. The molecule has 5 nitrogen and oxygen atoms in total. The molecule has 0 bridgehead atoms. The van der Waals surface area contributed by atoms with Crippen molar-refractivity contribution in [1.82, 2.24) is 10.2 Å². The highest BCUT2D eigenvalue weighted by Crippen LogP contribution is 2.25. The molecule has 0 spiro atoms. The van der Waals surface area contributed by atoms with Crippen LogP contribution in [-0.2, 0) is 21.9 Å². The van der Waals surface area contributed by atoms with Crippen molar-refractivity contribution in [1.29, 1.82) is 0 Å². The van der Waals surface area contributed by atoms with Gasteiger partial charge in [-0.25, -0.2) is 0 Å². The summed E-state index contributed by atoms with van der Waals surface area (Å²) in [5.74, 6) is 1.40. The Labute approximate surface area is 198 Å². The number of ether oxygens (including phenoxy) is 1. The van der Waals surface area contributed by atoms with Gasteiger partial charge in [-0.1, -0.05) is 48.3 Å². The van der Waals surface area contributed by atoms with Crippen molar-refractivity contribution < 1.29 is 14.3 Å². The van der Waals surface area contributed by atoms with E-state index in [2.05, 4.69) is 5.32 Å². The number of carbonyl (C=O) groups is 2. The van der Waals surface area contributed by atoms with E-state index in [0.717, 1.165) is 16.9 Å². The number of rotatable bonds is 11. The monoisotopic (exact) mass is 482 g/mol. The Kier molecular flexibility index (Phi) is 10.5. The number of amides is 2. The summed E-state index contributed by atoms with van der Waals surface area (Å²) in [5.41, 5.74) is 1.93. The molecule has 0 aliphatic rings. The van der Waals surface area contributed by atoms with Gasteiger partial charge in [-0.2, -0.15) is 0 Å². The van der Waals surface area contributed by atoms with Gasteiger partial charge >= 0.3 is 0 Å². The Hall–Kier alpha value is -1.89. The number of halogens is 2. The van der Waals surface area contributed by atoms with Gasteiger partial charge in [-0.15, -0.1) is 11.8 Å². The van der Waals surface area contributed by atoms with E-state index in [-0.39, 0.29) is 17.6 Å². The zero-order valence-corrected chi connectivity index (χ0v) is 20.3. The number of likely N-dealkylation sites (N-methyl/N-ethyl adjacent to an activating group) is 1. The molecule has 0 aliphatic carbocycles. The zero-order valence-electron chi connectivity index (χ0n) is 18.0. The second-order valence-electron chi connectivity index (χ2n) is 6.93. The van der Waals surface area contributed by atoms with Gasteiger partial charge in [0.15, 0.2) is 0 Å². The van der Waals surface area contributed by atoms with Crippen LogP contribution in [0, 0.1) is 0 Å². The van der Waals surface area contributed by atoms with Crippen LogP contribution in [0.5, 0.6) is 5.75 Å². The van der Waals surface area contributed by atoms with E-state index < -0.39 is 6.04 Å². The van der Waals surface area contributed by atoms with Gasteiger partial charge in [0, 0.05) is 18.8 Å². The Morgan fingerprint density at radius 2 is 1.74 bits per heavy atom. The number of hydrogen-bond acceptors (Lipinski definition) is 4. The van der Waals surface area contributed by atoms with E-state index in [9.17, 15) is 9.59 Å². The summed E-state index contributed by atoms with van der Waals surface area (Å²) in [7, 11) is 1.61. The van der Waals surface area contributed by atoms with Crippen molar-refractivity contribution in [3.05, 3.63) is 63.6 Å². The number of thioether (sulfide) groups is 1. The molecular formula is C23H28Cl2N2O3S. The summed E-state index contributed by atoms with van der Waals surface area (Å²) < 4.78 is 5.21. The Morgan fingerprint density at radius 1 is 1.06 bits per heavy atom. The van der Waals surface area contributed by atoms with Crippen molar-refractivity contribution in [2.75, 3.05) is 19.4 Å². The van der Waals surface area contributed by atoms with Crippen LogP contribution >= 0.6 is 35.0 Å². The van der Waals surface area contributed by atoms with Crippen LogP contribution in [0.1, 0.15) is 31.4 Å². The third-order valence-corrected chi connectivity index (χ3v) is 6.45. The molecule has 8 heteroatoms. The van der Waals surface area contributed by atoms with Gasteiger partial charge < -0.3 is 15.0 Å². The SMILES string of the molecule is CCNC(=O)C(CC)N(Cc1ccc(OC)cc1)C(=O)CSCc1ccc(Cl)c(Cl)c1. The number of nitrogens with one attached hydrogen (secondary N) is 1. The van der Waals surface area contributed by atoms with Crippen molar-refractivity contribution in [3.8, 4) is 5.75 Å². The fourth-order valence-corrected chi connectivity index (χ4v) is 4.29. The maximum absolute atomic E-state index is 13.1. The summed E-state index contributed by atoms with van der Waals surface area (Å²) in [6.07, 6.45) is 0.533. The first kappa shape index (κ1) is 25.4. The fourth-order valence-electron chi connectivity index (χ4n) is 3.11. The normalized spacial score (nSPS) is 11.6. The average molecular weight is 483 g/mol. The molecule has 0 saturated carbocycles. The van der Waals surface area contributed by atoms with E-state index in [1.807, 2.05) is 44.2 Å². The van der Waals surface area contributed by atoms with E-state index in [4.69, 9.17) is 27.9 Å². The molecule has 0 aromatic heterocycles. The standard InChI is InChI=1S/C23H28Cl2N2O3S/c1-4-21(23(29)26-5-2)27(13-16-6-9-18(30-3)10-7-16)22(28)15-31-14-17-8-11-19(24)20(25)12-17/h6-12,21H,4-5,13-15H2,1-3H3,(H,26,29). The topological polar surface area (TPSA) is 58.6 Å². The van der Waals surface area contributed by atoms with Crippen molar-refractivity contribution >= 4 is 46.8 Å². The molecule has 2 amide bonds. The second kappa shape index (κ2) is 12.8. The second-order valence-corrected chi connectivity index (χ2v) is 8.73. The van der Waals surface area contributed by atoms with Gasteiger partial charge in [0.2, 0.25) is 11.8 Å². The molecule has 1 unspecified atom stereocenters. The summed E-state index contributed by atoms with van der Waals surface area (Å²) >= 11 is 13.5. The number of carbonyl (C=O) groups excluding carboxylic acids is 2. The molecule has 2 aromatic rings. The first-order chi connectivity index (χ1) is 14.9. The van der Waals surface area contributed by atoms with Crippen LogP contribution in [0.15, 0.2) is 42.5 Å². The molecule has 0 heterocycles. The van der Waals surface area contributed by atoms with Gasteiger partial charge in [0.25, 0.3) is 0 Å². The average Bonchev–Trinajstić information content (AvgIpc) is 2.76. The highest BCUT2D eigenvalue weighted by molar-refractivity contribution is 7.99. The first-order valence-electron chi connectivity index (χ1n) is 10.1. The van der Waals surface area contributed by atoms with Crippen LogP contribution in [0.3, 0.4) is 0 Å². The summed E-state index contributed by atoms with van der Waals surface area (Å²) in [4.78, 5) is 27.4. The summed E-state index contributed by atoms with van der Waals surface area (Å²) in [5, 5.41) is 3.84. The smallest absolute Gasteiger partial charge is 0.242 e. The molecule has 2 rings (SSSR count). The minimum Gasteiger partial charge on any atom is -0.497 e. The number of benzene rings is 2. The lowest BCUT2D eigenvalue weighted by Gasteiger charge is -2.30. The lowest BCUT2D eigenvalue weighted by Crippen LogP contribution is -2.49. The van der Waals surface area contributed by atoms with Crippen molar-refractivity contribution in [2.45, 2.75) is 38.6 Å². The largest absolute Gasteiger partial charge is 0.497 e. The molecule has 0 radical (unpaired) electrons. The van der Waals surface area contributed by atoms with Crippen LogP contribution in [-0.4, -0.2) is 42.2 Å². The Morgan fingerprint density at radius 3 is 2.32 bits per heavy atom. The number of nitrogens with zero attached hydrogens (tertiary/aromatic N) is 1. The van der Waals surface area contributed by atoms with E-state index in [1.165, 1.54) is 11.8 Å². The van der Waals surface area contributed by atoms with Crippen LogP contribution < -0.4 is 10.1 Å². The summed E-state index contributed by atoms with van der Waals surface area (Å²) in [6, 6.07) is 12.4. The molecule has 1 N–H and O–H groups in total. The molecule has 0 aliphatic heterocycles. The number of methoxy groups -OCH3 is 1. The zero-order chi connectivity index (χ0) is 22.8. The fraction of sp³-hybridized carbons (Fsp3) is 0.391. The predicted molar refractivity (Wildman–Crippen MR) is 129 cm³/mol. The van der Waals surface area contributed by atoms with E-state index in [0.29, 0.717) is 35.3 Å². The highest BCUT2D eigenvalue weighted by atomic mass is 35.5. The molecule has 0 saturated heterocycles. The van der Waals surface area contributed by atoms with Crippen molar-refractivity contribution in [3.63, 3.8) is 0 Å². The third-order valence-electron chi connectivity index (χ3n) is 4.73. The molecular weight excluding hydrogens is 455 g/mol. The van der Waals surface area contributed by atoms with Crippen LogP contribution in [0.4, 0.5) is 0 Å². The molecule has 168 valence electrons. The quantitative estimate of drug-likeness (QED) is 0.479. The van der Waals surface area contributed by atoms with Crippen LogP contribution in [0.2, 0.25) is 10.0 Å². The molecule has 31 heavy (non-hydrogen) atoms. The minimum absolute atomic E-state index is 0.0843. The maximum atomic E-state index is 13.1. The van der Waals surface area contributed by atoms with Gasteiger partial charge in [0.05, 0.1) is 22.9 Å².